The number of aryl methyl sites for hydroxylation is 1. The van der Waals surface area contributed by atoms with Crippen LogP contribution in [0.25, 0.3) is 5.76 Å². The smallest absolute Gasteiger partial charge is 0.295 e. The molecule has 0 radical (unpaired) electrons. The molecule has 3 aromatic rings. The highest BCUT2D eigenvalue weighted by Gasteiger charge is 2.47. The maximum atomic E-state index is 13.1. The van der Waals surface area contributed by atoms with Gasteiger partial charge in [0.2, 0.25) is 0 Å². The molecule has 3 heterocycles. The van der Waals surface area contributed by atoms with E-state index in [1.165, 1.54) is 11.2 Å². The van der Waals surface area contributed by atoms with Gasteiger partial charge >= 0.3 is 0 Å². The van der Waals surface area contributed by atoms with Gasteiger partial charge in [0.15, 0.2) is 0 Å². The minimum Gasteiger partial charge on any atom is -0.507 e. The topological polar surface area (TPSA) is 92.5 Å². The van der Waals surface area contributed by atoms with Crippen molar-refractivity contribution in [2.75, 3.05) is 39.4 Å². The Morgan fingerprint density at radius 3 is 2.51 bits per heavy atom. The van der Waals surface area contributed by atoms with Crippen LogP contribution in [0.3, 0.4) is 0 Å². The molecule has 2 aliphatic rings. The molecule has 1 N–H and O–H groups in total. The Kier molecular flexibility index (Phi) is 7.39. The van der Waals surface area contributed by atoms with E-state index in [0.29, 0.717) is 50.0 Å². The molecule has 8 nitrogen and oxygen atoms in total. The number of amides is 1. The van der Waals surface area contributed by atoms with Crippen molar-refractivity contribution in [3.05, 3.63) is 95.0 Å². The second kappa shape index (κ2) is 11.0. The van der Waals surface area contributed by atoms with E-state index >= 15 is 0 Å². The number of hydrogen-bond acceptors (Lipinski definition) is 7. The molecular weight excluding hydrogens is 472 g/mol. The molecular formula is C29H30N2O6. The van der Waals surface area contributed by atoms with Gasteiger partial charge in [-0.25, -0.2) is 0 Å². The number of aliphatic hydroxyl groups excluding tert-OH is 1. The number of carbonyl (C=O) groups excluding carboxylic acids is 2. The summed E-state index contributed by atoms with van der Waals surface area (Å²) in [4.78, 5) is 29.9. The fraction of sp³-hybridized carbons (Fsp3) is 0.310. The van der Waals surface area contributed by atoms with Crippen LogP contribution < -0.4 is 4.74 Å². The van der Waals surface area contributed by atoms with Crippen molar-refractivity contribution >= 4 is 17.4 Å². The van der Waals surface area contributed by atoms with Gasteiger partial charge in [-0.1, -0.05) is 29.8 Å². The number of morpholine rings is 1. The number of carbonyl (C=O) groups is 2. The Morgan fingerprint density at radius 2 is 1.81 bits per heavy atom. The summed E-state index contributed by atoms with van der Waals surface area (Å²) < 4.78 is 16.9. The first kappa shape index (κ1) is 24.8. The van der Waals surface area contributed by atoms with Crippen LogP contribution in [0.2, 0.25) is 0 Å². The Hall–Kier alpha value is -3.88. The number of nitrogens with zero attached hydrogens (tertiary/aromatic N) is 2. The zero-order chi connectivity index (χ0) is 25.8. The van der Waals surface area contributed by atoms with Crippen molar-refractivity contribution in [1.82, 2.24) is 9.80 Å². The van der Waals surface area contributed by atoms with Crippen LogP contribution in [0.5, 0.6) is 5.75 Å². The molecule has 192 valence electrons. The molecule has 1 atom stereocenters. The molecule has 37 heavy (non-hydrogen) atoms. The van der Waals surface area contributed by atoms with E-state index in [-0.39, 0.29) is 11.3 Å². The lowest BCUT2D eigenvalue weighted by Crippen LogP contribution is -2.42. The van der Waals surface area contributed by atoms with Gasteiger partial charge < -0.3 is 23.9 Å². The first-order valence-electron chi connectivity index (χ1n) is 12.4. The number of rotatable bonds is 8. The average Bonchev–Trinajstić information content (AvgIpc) is 3.54. The summed E-state index contributed by atoms with van der Waals surface area (Å²) in [5.41, 5.74) is 2.66. The largest absolute Gasteiger partial charge is 0.507 e. The van der Waals surface area contributed by atoms with E-state index in [2.05, 4.69) is 11.0 Å². The van der Waals surface area contributed by atoms with Gasteiger partial charge in [-0.2, -0.15) is 0 Å². The van der Waals surface area contributed by atoms with Crippen molar-refractivity contribution < 1.29 is 28.6 Å². The van der Waals surface area contributed by atoms with E-state index in [0.717, 1.165) is 24.2 Å². The molecule has 5 rings (SSSR count). The number of likely N-dealkylation sites (tertiary alicyclic amines) is 1. The molecule has 0 spiro atoms. The van der Waals surface area contributed by atoms with Crippen LogP contribution in [0, 0.1) is 6.92 Å². The van der Waals surface area contributed by atoms with Crippen LogP contribution in [0.15, 0.2) is 76.9 Å². The second-order valence-electron chi connectivity index (χ2n) is 9.26. The SMILES string of the molecule is Cc1cccc(COc2ccc(C(O)=C3C(=O)C(=O)N(CCN4CCOCC4)[C@@H]3c3ccco3)cc2)c1. The highest BCUT2D eigenvalue weighted by molar-refractivity contribution is 6.46. The highest BCUT2D eigenvalue weighted by Crippen LogP contribution is 2.39. The molecule has 0 bridgehead atoms. The van der Waals surface area contributed by atoms with Crippen molar-refractivity contribution in [1.29, 1.82) is 0 Å². The molecule has 1 aromatic heterocycles. The van der Waals surface area contributed by atoms with Gasteiger partial charge in [-0.3, -0.25) is 14.5 Å². The monoisotopic (exact) mass is 502 g/mol. The van der Waals surface area contributed by atoms with Crippen molar-refractivity contribution in [3.8, 4) is 5.75 Å². The quantitative estimate of drug-likeness (QED) is 0.284. The number of benzene rings is 2. The number of ether oxygens (including phenoxy) is 2. The van der Waals surface area contributed by atoms with Crippen LogP contribution in [-0.4, -0.2) is 66.0 Å². The Bertz CT molecular complexity index is 1280. The van der Waals surface area contributed by atoms with Gasteiger partial charge in [0.05, 0.1) is 25.1 Å². The Labute approximate surface area is 215 Å². The van der Waals surface area contributed by atoms with Crippen LogP contribution in [0.1, 0.15) is 28.5 Å². The first-order chi connectivity index (χ1) is 18.0. The van der Waals surface area contributed by atoms with E-state index in [9.17, 15) is 14.7 Å². The molecule has 2 fully saturated rings. The summed E-state index contributed by atoms with van der Waals surface area (Å²) in [6, 6.07) is 17.5. The van der Waals surface area contributed by atoms with Crippen molar-refractivity contribution in [2.24, 2.45) is 0 Å². The number of Topliss-reactive ketones (excluding diaryl/α,β-unsaturated/α-hetero) is 1. The lowest BCUT2D eigenvalue weighted by Gasteiger charge is -2.30. The van der Waals surface area contributed by atoms with Crippen LogP contribution >= 0.6 is 0 Å². The minimum absolute atomic E-state index is 0.0235. The number of ketones is 1. The molecule has 2 aromatic carbocycles. The number of aliphatic hydroxyl groups is 1. The van der Waals surface area contributed by atoms with Crippen LogP contribution in [-0.2, 0) is 20.9 Å². The molecule has 0 saturated carbocycles. The lowest BCUT2D eigenvalue weighted by molar-refractivity contribution is -0.140. The van der Waals surface area contributed by atoms with Gasteiger partial charge in [-0.05, 0) is 48.9 Å². The maximum absolute atomic E-state index is 13.1. The third-order valence-corrected chi connectivity index (χ3v) is 6.73. The molecule has 2 saturated heterocycles. The molecule has 8 heteroatoms. The normalized spacial score (nSPS) is 19.9. The van der Waals surface area contributed by atoms with Crippen molar-refractivity contribution in [3.63, 3.8) is 0 Å². The zero-order valence-electron chi connectivity index (χ0n) is 20.8. The van der Waals surface area contributed by atoms with E-state index < -0.39 is 17.7 Å². The summed E-state index contributed by atoms with van der Waals surface area (Å²) in [6.07, 6.45) is 1.50. The summed E-state index contributed by atoms with van der Waals surface area (Å²) in [5, 5.41) is 11.2. The first-order valence-corrected chi connectivity index (χ1v) is 12.4. The van der Waals surface area contributed by atoms with Gasteiger partial charge in [0.25, 0.3) is 11.7 Å². The van der Waals surface area contributed by atoms with Gasteiger partial charge in [-0.15, -0.1) is 0 Å². The predicted octanol–water partition coefficient (Wildman–Crippen LogP) is 3.92. The van der Waals surface area contributed by atoms with E-state index in [1.54, 1.807) is 36.4 Å². The summed E-state index contributed by atoms with van der Waals surface area (Å²) in [6.45, 7) is 6.21. The average molecular weight is 503 g/mol. The third kappa shape index (κ3) is 5.45. The second-order valence-corrected chi connectivity index (χ2v) is 9.26. The molecule has 0 aliphatic carbocycles. The van der Waals surface area contributed by atoms with Crippen LogP contribution in [0.4, 0.5) is 0 Å². The Balaban J connectivity index is 1.37. The summed E-state index contributed by atoms with van der Waals surface area (Å²) in [5.74, 6) is -0.540. The van der Waals surface area contributed by atoms with Gasteiger partial charge in [0, 0.05) is 31.7 Å². The predicted molar refractivity (Wildman–Crippen MR) is 137 cm³/mol. The highest BCUT2D eigenvalue weighted by atomic mass is 16.5. The molecule has 2 aliphatic heterocycles. The fourth-order valence-electron chi connectivity index (χ4n) is 4.76. The molecule has 1 amide bonds. The van der Waals surface area contributed by atoms with Gasteiger partial charge in [0.1, 0.15) is 29.9 Å². The molecule has 0 unspecified atom stereocenters. The maximum Gasteiger partial charge on any atom is 0.295 e. The summed E-state index contributed by atoms with van der Waals surface area (Å²) in [7, 11) is 0. The minimum atomic E-state index is -0.798. The third-order valence-electron chi connectivity index (χ3n) is 6.73. The van der Waals surface area contributed by atoms with E-state index in [4.69, 9.17) is 13.9 Å². The number of furan rings is 1. The van der Waals surface area contributed by atoms with E-state index in [1.807, 2.05) is 25.1 Å². The standard InChI is InChI=1S/C29H30N2O6/c1-20-4-2-5-21(18-20)19-37-23-9-7-22(8-10-23)27(32)25-26(24-6-3-15-36-24)31(29(34)28(25)33)12-11-30-13-16-35-17-14-30/h2-10,15,18,26,32H,11-14,16-17,19H2,1H3/t26-/m1/s1. The summed E-state index contributed by atoms with van der Waals surface area (Å²) >= 11 is 0. The fourth-order valence-corrected chi connectivity index (χ4v) is 4.76. The Morgan fingerprint density at radius 1 is 1.03 bits per heavy atom. The lowest BCUT2D eigenvalue weighted by atomic mass is 9.99. The number of hydrogen-bond donors (Lipinski definition) is 1. The zero-order valence-corrected chi connectivity index (χ0v) is 20.8. The van der Waals surface area contributed by atoms with Crippen molar-refractivity contribution in [2.45, 2.75) is 19.6 Å².